The second-order valence-electron chi connectivity index (χ2n) is 4.83. The van der Waals surface area contributed by atoms with Crippen LogP contribution in [0.2, 0.25) is 0 Å². The van der Waals surface area contributed by atoms with E-state index < -0.39 is 0 Å². The molecule has 5 nitrogen and oxygen atoms in total. The number of nitrogens with zero attached hydrogens (tertiary/aromatic N) is 2. The second-order valence-corrected chi connectivity index (χ2v) is 5.83. The minimum absolute atomic E-state index is 0.0799. The van der Waals surface area contributed by atoms with E-state index in [4.69, 9.17) is 0 Å². The summed E-state index contributed by atoms with van der Waals surface area (Å²) >= 11 is 1.66. The zero-order valence-electron chi connectivity index (χ0n) is 11.0. The number of carbonyl (C=O) groups excluding carboxylic acids is 2. The van der Waals surface area contributed by atoms with E-state index in [0.717, 1.165) is 25.3 Å². The standard InChI is InChI=1S/C12H21N3O2S/c1-3-11(16)15-8-18-7-10(15)12(17)14(2)9-4-5-13-6-9/h9-10,13H,3-8H2,1-2H3. The Morgan fingerprint density at radius 1 is 1.50 bits per heavy atom. The number of amides is 2. The van der Waals surface area contributed by atoms with Crippen LogP contribution in [-0.4, -0.2) is 65.5 Å². The number of hydrogen-bond acceptors (Lipinski definition) is 4. The molecule has 0 aromatic carbocycles. The maximum absolute atomic E-state index is 12.5. The smallest absolute Gasteiger partial charge is 0.246 e. The summed E-state index contributed by atoms with van der Waals surface area (Å²) in [6, 6.07) is 0.0229. The molecule has 6 heteroatoms. The van der Waals surface area contributed by atoms with Crippen molar-refractivity contribution in [2.24, 2.45) is 0 Å². The van der Waals surface area contributed by atoms with E-state index in [1.54, 1.807) is 16.7 Å². The Kier molecular flexibility index (Phi) is 4.50. The maximum atomic E-state index is 12.5. The molecule has 2 saturated heterocycles. The van der Waals surface area contributed by atoms with E-state index in [0.29, 0.717) is 12.3 Å². The van der Waals surface area contributed by atoms with Crippen molar-refractivity contribution in [2.45, 2.75) is 31.8 Å². The molecule has 0 spiro atoms. The van der Waals surface area contributed by atoms with Crippen LogP contribution in [0.5, 0.6) is 0 Å². The fourth-order valence-corrected chi connectivity index (χ4v) is 3.65. The van der Waals surface area contributed by atoms with Gasteiger partial charge in [-0.25, -0.2) is 0 Å². The fourth-order valence-electron chi connectivity index (χ4n) is 2.48. The van der Waals surface area contributed by atoms with Crippen molar-refractivity contribution in [3.05, 3.63) is 0 Å². The number of rotatable bonds is 3. The molecule has 2 unspecified atom stereocenters. The topological polar surface area (TPSA) is 52.7 Å². The van der Waals surface area contributed by atoms with Gasteiger partial charge in [0, 0.05) is 31.8 Å². The van der Waals surface area contributed by atoms with Crippen molar-refractivity contribution in [3.8, 4) is 0 Å². The lowest BCUT2D eigenvalue weighted by Gasteiger charge is -2.30. The SMILES string of the molecule is CCC(=O)N1CSCC1C(=O)N(C)C1CCNC1. The number of hydrogen-bond donors (Lipinski definition) is 1. The molecule has 1 N–H and O–H groups in total. The van der Waals surface area contributed by atoms with Crippen molar-refractivity contribution >= 4 is 23.6 Å². The van der Waals surface area contributed by atoms with Crippen LogP contribution in [0.3, 0.4) is 0 Å². The zero-order valence-corrected chi connectivity index (χ0v) is 11.8. The van der Waals surface area contributed by atoms with Crippen LogP contribution < -0.4 is 5.32 Å². The largest absolute Gasteiger partial charge is 0.340 e. The molecule has 0 saturated carbocycles. The average Bonchev–Trinajstić information content (AvgIpc) is 3.06. The van der Waals surface area contributed by atoms with E-state index in [2.05, 4.69) is 5.32 Å². The molecule has 2 aliphatic rings. The molecule has 0 aromatic heterocycles. The third kappa shape index (κ3) is 2.64. The van der Waals surface area contributed by atoms with Gasteiger partial charge in [0.2, 0.25) is 11.8 Å². The lowest BCUT2D eigenvalue weighted by atomic mass is 10.2. The van der Waals surface area contributed by atoms with Gasteiger partial charge in [-0.2, -0.15) is 0 Å². The van der Waals surface area contributed by atoms with Crippen LogP contribution in [0.4, 0.5) is 0 Å². The molecule has 2 rings (SSSR count). The van der Waals surface area contributed by atoms with Crippen LogP contribution >= 0.6 is 11.8 Å². The monoisotopic (exact) mass is 271 g/mol. The minimum atomic E-state index is -0.256. The first-order chi connectivity index (χ1) is 8.65. The molecule has 2 amide bonds. The average molecular weight is 271 g/mol. The molecule has 0 bridgehead atoms. The molecule has 18 heavy (non-hydrogen) atoms. The molecule has 2 fully saturated rings. The summed E-state index contributed by atoms with van der Waals surface area (Å²) in [5, 5.41) is 3.26. The Bertz CT molecular complexity index is 331. The zero-order chi connectivity index (χ0) is 13.1. The maximum Gasteiger partial charge on any atom is 0.246 e. The van der Waals surface area contributed by atoms with Crippen LogP contribution in [-0.2, 0) is 9.59 Å². The Labute approximate surface area is 112 Å². The van der Waals surface area contributed by atoms with E-state index >= 15 is 0 Å². The second kappa shape index (κ2) is 5.93. The molecule has 0 aromatic rings. The van der Waals surface area contributed by atoms with Gasteiger partial charge in [0.15, 0.2) is 0 Å². The van der Waals surface area contributed by atoms with Crippen molar-refractivity contribution in [1.82, 2.24) is 15.1 Å². The Balaban J connectivity index is 2.00. The van der Waals surface area contributed by atoms with Gasteiger partial charge < -0.3 is 15.1 Å². The predicted octanol–water partition coefficient (Wildman–Crippen LogP) is 0.118. The first-order valence-corrected chi connectivity index (χ1v) is 7.65. The van der Waals surface area contributed by atoms with Crippen molar-refractivity contribution in [1.29, 1.82) is 0 Å². The predicted molar refractivity (Wildman–Crippen MR) is 72.3 cm³/mol. The van der Waals surface area contributed by atoms with Crippen LogP contribution in [0.1, 0.15) is 19.8 Å². The molecule has 2 atom stereocenters. The van der Waals surface area contributed by atoms with Crippen LogP contribution in [0.25, 0.3) is 0 Å². The van der Waals surface area contributed by atoms with E-state index in [1.165, 1.54) is 0 Å². The summed E-state index contributed by atoms with van der Waals surface area (Å²) in [6.07, 6.45) is 1.48. The van der Waals surface area contributed by atoms with Gasteiger partial charge in [0.05, 0.1) is 5.88 Å². The van der Waals surface area contributed by atoms with Gasteiger partial charge in [-0.15, -0.1) is 11.8 Å². The van der Waals surface area contributed by atoms with E-state index in [-0.39, 0.29) is 23.9 Å². The van der Waals surface area contributed by atoms with Gasteiger partial charge in [0.1, 0.15) is 6.04 Å². The summed E-state index contributed by atoms with van der Waals surface area (Å²) in [5.74, 6) is 1.56. The molecule has 0 radical (unpaired) electrons. The molecular formula is C12H21N3O2S. The third-order valence-corrected chi connectivity index (χ3v) is 4.73. The number of thioether (sulfide) groups is 1. The molecule has 2 aliphatic heterocycles. The van der Waals surface area contributed by atoms with Gasteiger partial charge in [0.25, 0.3) is 0 Å². The third-order valence-electron chi connectivity index (χ3n) is 3.72. The minimum Gasteiger partial charge on any atom is -0.340 e. The lowest BCUT2D eigenvalue weighted by molar-refractivity contribution is -0.143. The normalized spacial score (nSPS) is 27.6. The molecule has 102 valence electrons. The van der Waals surface area contributed by atoms with Gasteiger partial charge in [-0.3, -0.25) is 9.59 Å². The Morgan fingerprint density at radius 2 is 2.28 bits per heavy atom. The van der Waals surface area contributed by atoms with Gasteiger partial charge in [-0.05, 0) is 13.0 Å². The first kappa shape index (κ1) is 13.7. The molecule has 2 heterocycles. The van der Waals surface area contributed by atoms with Crippen molar-refractivity contribution in [2.75, 3.05) is 31.8 Å². The summed E-state index contributed by atoms with van der Waals surface area (Å²) in [6.45, 7) is 3.68. The van der Waals surface area contributed by atoms with Gasteiger partial charge >= 0.3 is 0 Å². The summed E-state index contributed by atoms with van der Waals surface area (Å²) in [7, 11) is 1.86. The Morgan fingerprint density at radius 3 is 2.89 bits per heavy atom. The molecular weight excluding hydrogens is 250 g/mol. The van der Waals surface area contributed by atoms with Crippen LogP contribution in [0.15, 0.2) is 0 Å². The highest BCUT2D eigenvalue weighted by atomic mass is 32.2. The quantitative estimate of drug-likeness (QED) is 0.792. The number of likely N-dealkylation sites (N-methyl/N-ethyl adjacent to an activating group) is 1. The fraction of sp³-hybridized carbons (Fsp3) is 0.833. The lowest BCUT2D eigenvalue weighted by Crippen LogP contribution is -2.51. The molecule has 0 aliphatic carbocycles. The first-order valence-electron chi connectivity index (χ1n) is 6.49. The Hall–Kier alpha value is -0.750. The van der Waals surface area contributed by atoms with E-state index in [1.807, 2.05) is 18.9 Å². The highest BCUT2D eigenvalue weighted by molar-refractivity contribution is 7.99. The summed E-state index contributed by atoms with van der Waals surface area (Å²) in [5.41, 5.74) is 0. The van der Waals surface area contributed by atoms with Crippen molar-refractivity contribution in [3.63, 3.8) is 0 Å². The highest BCUT2D eigenvalue weighted by Crippen LogP contribution is 2.24. The van der Waals surface area contributed by atoms with Crippen molar-refractivity contribution < 1.29 is 9.59 Å². The summed E-state index contributed by atoms with van der Waals surface area (Å²) in [4.78, 5) is 27.8. The van der Waals surface area contributed by atoms with Crippen LogP contribution in [0, 0.1) is 0 Å². The summed E-state index contributed by atoms with van der Waals surface area (Å²) < 4.78 is 0. The van der Waals surface area contributed by atoms with E-state index in [9.17, 15) is 9.59 Å². The van der Waals surface area contributed by atoms with Gasteiger partial charge in [-0.1, -0.05) is 6.92 Å². The number of nitrogens with one attached hydrogen (secondary N) is 1. The highest BCUT2D eigenvalue weighted by Gasteiger charge is 2.37. The number of carbonyl (C=O) groups is 2.